The van der Waals surface area contributed by atoms with Crippen molar-refractivity contribution in [2.45, 2.75) is 38.9 Å². The van der Waals surface area contributed by atoms with Gasteiger partial charge in [-0.15, -0.1) is 0 Å². The van der Waals surface area contributed by atoms with Gasteiger partial charge in [0, 0.05) is 32.3 Å². The van der Waals surface area contributed by atoms with Crippen molar-refractivity contribution in [1.82, 2.24) is 14.3 Å². The summed E-state index contributed by atoms with van der Waals surface area (Å²) in [5, 5.41) is 13.1. The maximum atomic E-state index is 12.5. The third-order valence-corrected chi connectivity index (χ3v) is 3.93. The van der Waals surface area contributed by atoms with Crippen molar-refractivity contribution in [2.24, 2.45) is 7.05 Å². The summed E-state index contributed by atoms with van der Waals surface area (Å²) in [6.45, 7) is 0.389. The van der Waals surface area contributed by atoms with E-state index in [4.69, 9.17) is 9.93 Å². The molecule has 2 aromatic heterocycles. The highest BCUT2D eigenvalue weighted by atomic mass is 19.4. The first-order chi connectivity index (χ1) is 12.6. The number of rotatable bonds is 8. The lowest BCUT2D eigenvalue weighted by atomic mass is 10.2. The van der Waals surface area contributed by atoms with Crippen molar-refractivity contribution >= 4 is 11.9 Å². The Labute approximate surface area is 152 Å². The van der Waals surface area contributed by atoms with Crippen LogP contribution in [0.5, 0.6) is 0 Å². The summed E-state index contributed by atoms with van der Waals surface area (Å²) in [5.41, 5.74) is -1.45. The van der Waals surface area contributed by atoms with Gasteiger partial charge in [-0.3, -0.25) is 13.9 Å². The minimum atomic E-state index is -4.54. The Morgan fingerprint density at radius 3 is 2.59 bits per heavy atom. The van der Waals surface area contributed by atoms with Crippen LogP contribution in [0.2, 0.25) is 0 Å². The first-order valence-corrected chi connectivity index (χ1v) is 8.21. The average molecular weight is 387 g/mol. The van der Waals surface area contributed by atoms with E-state index in [1.165, 1.54) is 7.05 Å². The van der Waals surface area contributed by atoms with Gasteiger partial charge in [0.2, 0.25) is 0 Å². The van der Waals surface area contributed by atoms with Crippen LogP contribution in [0.1, 0.15) is 30.0 Å². The predicted octanol–water partition coefficient (Wildman–Crippen LogP) is 1.84. The molecule has 27 heavy (non-hydrogen) atoms. The van der Waals surface area contributed by atoms with Crippen molar-refractivity contribution in [3.05, 3.63) is 44.1 Å². The van der Waals surface area contributed by atoms with Gasteiger partial charge in [-0.1, -0.05) is 5.16 Å². The Morgan fingerprint density at radius 1 is 1.33 bits per heavy atom. The van der Waals surface area contributed by atoms with Crippen LogP contribution in [-0.4, -0.2) is 33.2 Å². The van der Waals surface area contributed by atoms with Crippen LogP contribution in [-0.2, 0) is 20.0 Å². The minimum absolute atomic E-state index is 0.0393. The minimum Gasteiger partial charge on any atom is -0.370 e. The van der Waals surface area contributed by atoms with E-state index in [9.17, 15) is 22.8 Å². The maximum absolute atomic E-state index is 12.5. The molecule has 0 aliphatic carbocycles. The summed E-state index contributed by atoms with van der Waals surface area (Å²) in [4.78, 5) is 24.8. The molecule has 0 spiro atoms. The van der Waals surface area contributed by atoms with Gasteiger partial charge in [0.1, 0.15) is 18.0 Å². The second kappa shape index (κ2) is 8.23. The van der Waals surface area contributed by atoms with Crippen molar-refractivity contribution in [2.75, 3.05) is 11.9 Å². The highest BCUT2D eigenvalue weighted by Crippen LogP contribution is 2.16. The molecule has 0 amide bonds. The summed E-state index contributed by atoms with van der Waals surface area (Å²) >= 11 is 0. The fraction of sp³-hybridized carbons (Fsp3) is 0.500. The highest BCUT2D eigenvalue weighted by molar-refractivity contribution is 5.82. The standard InChI is InChI=1S/C16H20F3N5O3/c1-10-7-11(27-22-10)5-3-4-6-24-14(25)13(21-9-16(17,18)19)12(8-20)23(2)15(24)26/h7-8,20-21H,3-6,9H2,1-2H3. The van der Waals surface area contributed by atoms with Crippen LogP contribution in [0, 0.1) is 12.3 Å². The van der Waals surface area contributed by atoms with Gasteiger partial charge in [0.15, 0.2) is 0 Å². The first-order valence-electron chi connectivity index (χ1n) is 8.21. The summed E-state index contributed by atoms with van der Waals surface area (Å²) < 4.78 is 44.4. The Balaban J connectivity index is 2.19. The fourth-order valence-electron chi connectivity index (χ4n) is 2.61. The van der Waals surface area contributed by atoms with E-state index in [2.05, 4.69) is 5.16 Å². The van der Waals surface area contributed by atoms with E-state index < -0.39 is 29.7 Å². The molecule has 0 saturated heterocycles. The van der Waals surface area contributed by atoms with Crippen LogP contribution in [0.15, 0.2) is 20.2 Å². The van der Waals surface area contributed by atoms with Gasteiger partial charge in [-0.25, -0.2) is 4.79 Å². The Morgan fingerprint density at radius 2 is 2.04 bits per heavy atom. The molecule has 0 saturated carbocycles. The zero-order chi connectivity index (χ0) is 20.2. The van der Waals surface area contributed by atoms with E-state index in [-0.39, 0.29) is 12.2 Å². The van der Waals surface area contributed by atoms with Crippen molar-refractivity contribution in [1.29, 1.82) is 5.41 Å². The molecule has 0 radical (unpaired) electrons. The molecule has 148 valence electrons. The second-order valence-corrected chi connectivity index (χ2v) is 6.06. The van der Waals surface area contributed by atoms with E-state index in [0.717, 1.165) is 14.8 Å². The lowest BCUT2D eigenvalue weighted by Gasteiger charge is -2.16. The molecular formula is C16H20F3N5O3. The van der Waals surface area contributed by atoms with E-state index in [1.54, 1.807) is 13.0 Å². The summed E-state index contributed by atoms with van der Waals surface area (Å²) in [6, 6.07) is 1.78. The largest absolute Gasteiger partial charge is 0.405 e. The van der Waals surface area contributed by atoms with Gasteiger partial charge in [0.05, 0.1) is 11.4 Å². The zero-order valence-corrected chi connectivity index (χ0v) is 14.9. The lowest BCUT2D eigenvalue weighted by molar-refractivity contribution is -0.115. The van der Waals surface area contributed by atoms with Gasteiger partial charge in [-0.05, 0) is 19.8 Å². The molecule has 0 bridgehead atoms. The van der Waals surface area contributed by atoms with Crippen LogP contribution in [0.3, 0.4) is 0 Å². The molecule has 0 unspecified atom stereocenters. The average Bonchev–Trinajstić information content (AvgIpc) is 3.00. The summed E-state index contributed by atoms with van der Waals surface area (Å²) in [7, 11) is 1.30. The molecular weight excluding hydrogens is 367 g/mol. The maximum Gasteiger partial charge on any atom is 0.405 e. The number of anilines is 1. The summed E-state index contributed by atoms with van der Waals surface area (Å²) in [5.74, 6) is 0.680. The molecule has 0 atom stereocenters. The number of nitrogens with zero attached hydrogens (tertiary/aromatic N) is 3. The van der Waals surface area contributed by atoms with E-state index in [1.807, 2.05) is 5.32 Å². The zero-order valence-electron chi connectivity index (χ0n) is 14.9. The lowest BCUT2D eigenvalue weighted by Crippen LogP contribution is -2.42. The molecule has 2 heterocycles. The third-order valence-electron chi connectivity index (χ3n) is 3.93. The fourth-order valence-corrected chi connectivity index (χ4v) is 2.61. The smallest absolute Gasteiger partial charge is 0.370 e. The molecule has 11 heteroatoms. The Bertz CT molecular complexity index is 927. The number of unbranched alkanes of at least 4 members (excludes halogenated alkanes) is 1. The van der Waals surface area contributed by atoms with Crippen molar-refractivity contribution < 1.29 is 17.7 Å². The van der Waals surface area contributed by atoms with Crippen LogP contribution in [0.25, 0.3) is 0 Å². The number of nitrogens with one attached hydrogen (secondary N) is 2. The predicted molar refractivity (Wildman–Crippen MR) is 92.6 cm³/mol. The SMILES string of the molecule is Cc1cc(CCCCn2c(=O)c(NCC(F)(F)F)c(C=N)n(C)c2=O)on1. The number of aryl methyl sites for hydroxylation is 2. The topological polar surface area (TPSA) is 106 Å². The second-order valence-electron chi connectivity index (χ2n) is 6.06. The van der Waals surface area contributed by atoms with Gasteiger partial charge in [0.25, 0.3) is 5.56 Å². The molecule has 2 rings (SSSR count). The number of hydrogen-bond donors (Lipinski definition) is 2. The molecule has 0 aromatic carbocycles. The first kappa shape index (κ1) is 20.5. The Kier molecular flexibility index (Phi) is 6.24. The van der Waals surface area contributed by atoms with Crippen LogP contribution < -0.4 is 16.6 Å². The van der Waals surface area contributed by atoms with Gasteiger partial charge in [-0.2, -0.15) is 13.2 Å². The quantitative estimate of drug-likeness (QED) is 0.531. The van der Waals surface area contributed by atoms with E-state index in [0.29, 0.717) is 31.2 Å². The van der Waals surface area contributed by atoms with Crippen LogP contribution in [0.4, 0.5) is 18.9 Å². The van der Waals surface area contributed by atoms with Crippen LogP contribution >= 0.6 is 0 Å². The number of aromatic nitrogens is 3. The number of alkyl halides is 3. The van der Waals surface area contributed by atoms with Crippen molar-refractivity contribution in [3.8, 4) is 0 Å². The normalized spacial score (nSPS) is 11.6. The molecule has 2 aromatic rings. The monoisotopic (exact) mass is 387 g/mol. The number of hydrogen-bond acceptors (Lipinski definition) is 6. The molecule has 0 aliphatic heterocycles. The molecule has 0 fully saturated rings. The Hall–Kier alpha value is -2.85. The highest BCUT2D eigenvalue weighted by Gasteiger charge is 2.28. The molecule has 8 nitrogen and oxygen atoms in total. The van der Waals surface area contributed by atoms with Gasteiger partial charge < -0.3 is 15.2 Å². The van der Waals surface area contributed by atoms with Gasteiger partial charge >= 0.3 is 11.9 Å². The van der Waals surface area contributed by atoms with E-state index >= 15 is 0 Å². The third kappa shape index (κ3) is 5.08. The van der Waals surface area contributed by atoms with Crippen molar-refractivity contribution in [3.63, 3.8) is 0 Å². The number of halogens is 3. The molecule has 2 N–H and O–H groups in total. The summed E-state index contributed by atoms with van der Waals surface area (Å²) in [6.07, 6.45) is -2.26. The molecule has 0 aliphatic rings.